The molecule has 1 atom stereocenters. The predicted molar refractivity (Wildman–Crippen MR) is 94.0 cm³/mol. The molecule has 0 amide bonds. The number of hydrogen-bond acceptors (Lipinski definition) is 1. The van der Waals surface area contributed by atoms with Crippen LogP contribution in [0, 0.1) is 3.57 Å². The fraction of sp³-hybridized carbons (Fsp3) is 0.143. The van der Waals surface area contributed by atoms with E-state index in [9.17, 15) is 0 Å². The summed E-state index contributed by atoms with van der Waals surface area (Å²) in [4.78, 5) is 0. The van der Waals surface area contributed by atoms with E-state index in [1.807, 2.05) is 18.2 Å². The van der Waals surface area contributed by atoms with Gasteiger partial charge in [-0.2, -0.15) is 0 Å². The van der Waals surface area contributed by atoms with E-state index in [2.05, 4.69) is 50.7 Å². The van der Waals surface area contributed by atoms with Crippen molar-refractivity contribution in [3.8, 4) is 0 Å². The standard InChI is InChI=1S/C14H11BrCl2IN/c15-9-2-4-13(18)10(7-9)14(19)6-8-1-3-11(16)12(17)5-8/h1-5,7,14H,6,19H2. The van der Waals surface area contributed by atoms with Crippen molar-refractivity contribution in [3.05, 3.63) is 65.6 Å². The molecule has 1 unspecified atom stereocenters. The van der Waals surface area contributed by atoms with Crippen LogP contribution in [0.25, 0.3) is 0 Å². The van der Waals surface area contributed by atoms with Crippen LogP contribution >= 0.6 is 61.7 Å². The molecular formula is C14H11BrCl2IN. The van der Waals surface area contributed by atoms with E-state index in [0.29, 0.717) is 10.0 Å². The summed E-state index contributed by atoms with van der Waals surface area (Å²) in [5, 5.41) is 1.13. The molecule has 0 aliphatic heterocycles. The van der Waals surface area contributed by atoms with Gasteiger partial charge in [0, 0.05) is 14.1 Å². The van der Waals surface area contributed by atoms with Crippen molar-refractivity contribution in [3.63, 3.8) is 0 Å². The third kappa shape index (κ3) is 4.08. The van der Waals surface area contributed by atoms with Gasteiger partial charge in [0.2, 0.25) is 0 Å². The highest BCUT2D eigenvalue weighted by Crippen LogP contribution is 2.28. The topological polar surface area (TPSA) is 26.0 Å². The minimum atomic E-state index is -0.0679. The van der Waals surface area contributed by atoms with E-state index in [4.69, 9.17) is 28.9 Å². The van der Waals surface area contributed by atoms with E-state index in [0.717, 1.165) is 25.6 Å². The van der Waals surface area contributed by atoms with Gasteiger partial charge in [-0.25, -0.2) is 0 Å². The fourth-order valence-corrected chi connectivity index (χ4v) is 3.26. The van der Waals surface area contributed by atoms with Crippen LogP contribution < -0.4 is 5.73 Å². The van der Waals surface area contributed by atoms with Crippen LogP contribution in [0.5, 0.6) is 0 Å². The van der Waals surface area contributed by atoms with E-state index >= 15 is 0 Å². The molecule has 0 saturated heterocycles. The second-order valence-corrected chi connectivity index (χ2v) is 7.12. The second kappa shape index (κ2) is 6.76. The van der Waals surface area contributed by atoms with Crippen molar-refractivity contribution < 1.29 is 0 Å². The molecule has 2 aromatic carbocycles. The lowest BCUT2D eigenvalue weighted by Crippen LogP contribution is -2.14. The molecule has 0 saturated carbocycles. The predicted octanol–water partition coefficient (Wildman–Crippen LogP) is 5.60. The molecule has 19 heavy (non-hydrogen) atoms. The van der Waals surface area contributed by atoms with Crippen LogP contribution in [-0.2, 0) is 6.42 Å². The zero-order valence-corrected chi connectivity index (χ0v) is 15.1. The Bertz CT molecular complexity index is 604. The first-order valence-corrected chi connectivity index (χ1v) is 8.24. The molecule has 1 nitrogen and oxygen atoms in total. The largest absolute Gasteiger partial charge is 0.324 e. The Morgan fingerprint density at radius 3 is 2.53 bits per heavy atom. The molecule has 0 aliphatic carbocycles. The minimum Gasteiger partial charge on any atom is -0.324 e. The van der Waals surface area contributed by atoms with Crippen molar-refractivity contribution in [1.29, 1.82) is 0 Å². The zero-order valence-electron chi connectivity index (χ0n) is 9.84. The summed E-state index contributed by atoms with van der Waals surface area (Å²) in [5.41, 5.74) is 8.49. The van der Waals surface area contributed by atoms with E-state index in [1.165, 1.54) is 0 Å². The summed E-state index contributed by atoms with van der Waals surface area (Å²) in [6, 6.07) is 11.7. The first-order valence-electron chi connectivity index (χ1n) is 5.62. The monoisotopic (exact) mass is 469 g/mol. The molecule has 5 heteroatoms. The van der Waals surface area contributed by atoms with Crippen molar-refractivity contribution in [1.82, 2.24) is 0 Å². The lowest BCUT2D eigenvalue weighted by Gasteiger charge is -2.15. The third-order valence-electron chi connectivity index (χ3n) is 2.80. The van der Waals surface area contributed by atoms with Crippen molar-refractivity contribution >= 4 is 61.7 Å². The molecule has 0 spiro atoms. The van der Waals surface area contributed by atoms with Gasteiger partial charge in [-0.05, 0) is 70.5 Å². The lowest BCUT2D eigenvalue weighted by atomic mass is 10.00. The van der Waals surface area contributed by atoms with Crippen LogP contribution in [0.4, 0.5) is 0 Å². The second-order valence-electron chi connectivity index (χ2n) is 4.22. The summed E-state index contributed by atoms with van der Waals surface area (Å²) >= 11 is 17.7. The van der Waals surface area contributed by atoms with Gasteiger partial charge in [-0.15, -0.1) is 0 Å². The number of rotatable bonds is 3. The van der Waals surface area contributed by atoms with Gasteiger partial charge in [-0.1, -0.05) is 45.2 Å². The van der Waals surface area contributed by atoms with Crippen molar-refractivity contribution in [2.75, 3.05) is 0 Å². The highest BCUT2D eigenvalue weighted by molar-refractivity contribution is 14.1. The maximum Gasteiger partial charge on any atom is 0.0595 e. The maximum atomic E-state index is 6.28. The van der Waals surface area contributed by atoms with Crippen LogP contribution in [-0.4, -0.2) is 0 Å². The van der Waals surface area contributed by atoms with Crippen LogP contribution in [0.3, 0.4) is 0 Å². The molecule has 0 bridgehead atoms. The molecule has 0 heterocycles. The first-order chi connectivity index (χ1) is 8.97. The Morgan fingerprint density at radius 1 is 1.11 bits per heavy atom. The molecule has 2 N–H and O–H groups in total. The molecule has 2 aromatic rings. The molecule has 0 aliphatic rings. The van der Waals surface area contributed by atoms with Gasteiger partial charge in [0.15, 0.2) is 0 Å². The summed E-state index contributed by atoms with van der Waals surface area (Å²) in [5.74, 6) is 0. The van der Waals surface area contributed by atoms with E-state index < -0.39 is 0 Å². The van der Waals surface area contributed by atoms with Gasteiger partial charge in [0.1, 0.15) is 0 Å². The maximum absolute atomic E-state index is 6.28. The Balaban J connectivity index is 2.22. The van der Waals surface area contributed by atoms with Crippen LogP contribution in [0.15, 0.2) is 40.9 Å². The van der Waals surface area contributed by atoms with Crippen LogP contribution in [0.2, 0.25) is 10.0 Å². The molecular weight excluding hydrogens is 460 g/mol. The van der Waals surface area contributed by atoms with Gasteiger partial charge >= 0.3 is 0 Å². The Hall–Kier alpha value is 0.190. The highest BCUT2D eigenvalue weighted by Gasteiger charge is 2.12. The summed E-state index contributed by atoms with van der Waals surface area (Å²) in [6.45, 7) is 0. The van der Waals surface area contributed by atoms with Crippen molar-refractivity contribution in [2.45, 2.75) is 12.5 Å². The number of nitrogens with two attached hydrogens (primary N) is 1. The first kappa shape index (κ1) is 15.6. The van der Waals surface area contributed by atoms with Crippen LogP contribution in [0.1, 0.15) is 17.2 Å². The molecule has 2 rings (SSSR count). The quantitative estimate of drug-likeness (QED) is 0.580. The summed E-state index contributed by atoms with van der Waals surface area (Å²) in [6.07, 6.45) is 0.726. The fourth-order valence-electron chi connectivity index (χ4n) is 1.83. The van der Waals surface area contributed by atoms with Gasteiger partial charge in [-0.3, -0.25) is 0 Å². The third-order valence-corrected chi connectivity index (χ3v) is 5.01. The smallest absolute Gasteiger partial charge is 0.0595 e. The van der Waals surface area contributed by atoms with E-state index in [1.54, 1.807) is 6.07 Å². The van der Waals surface area contributed by atoms with E-state index in [-0.39, 0.29) is 6.04 Å². The lowest BCUT2D eigenvalue weighted by molar-refractivity contribution is 0.717. The molecule has 0 aromatic heterocycles. The normalized spacial score (nSPS) is 12.5. The Morgan fingerprint density at radius 2 is 1.84 bits per heavy atom. The van der Waals surface area contributed by atoms with Gasteiger partial charge in [0.25, 0.3) is 0 Å². The number of hydrogen-bond donors (Lipinski definition) is 1. The SMILES string of the molecule is NC(Cc1ccc(Cl)c(Cl)c1)c1cc(Br)ccc1I. The summed E-state index contributed by atoms with van der Waals surface area (Å²) < 4.78 is 2.20. The van der Waals surface area contributed by atoms with Gasteiger partial charge in [0.05, 0.1) is 10.0 Å². The molecule has 0 radical (unpaired) electrons. The average molecular weight is 471 g/mol. The average Bonchev–Trinajstić information content (AvgIpc) is 2.36. The molecule has 0 fully saturated rings. The Labute approximate surface area is 144 Å². The summed E-state index contributed by atoms with van der Waals surface area (Å²) in [7, 11) is 0. The van der Waals surface area contributed by atoms with Crippen molar-refractivity contribution in [2.24, 2.45) is 5.73 Å². The zero-order chi connectivity index (χ0) is 14.0. The number of benzene rings is 2. The Kier molecular flexibility index (Phi) is 5.55. The highest BCUT2D eigenvalue weighted by atomic mass is 127. The van der Waals surface area contributed by atoms with Gasteiger partial charge < -0.3 is 5.73 Å². The number of halogens is 4. The minimum absolute atomic E-state index is 0.0679. The molecule has 100 valence electrons.